The summed E-state index contributed by atoms with van der Waals surface area (Å²) in [5.74, 6) is -0.207. The summed E-state index contributed by atoms with van der Waals surface area (Å²) in [5.41, 5.74) is 0. The van der Waals surface area contributed by atoms with E-state index in [0.29, 0.717) is 0 Å². The second-order valence-corrected chi connectivity index (χ2v) is 3.26. The summed E-state index contributed by atoms with van der Waals surface area (Å²) in [4.78, 5) is 10.6. The van der Waals surface area contributed by atoms with Gasteiger partial charge >= 0.3 is 0 Å². The van der Waals surface area contributed by atoms with Gasteiger partial charge < -0.3 is 24.8 Å². The average Bonchev–Trinajstić information content (AvgIpc) is 2.13. The van der Waals surface area contributed by atoms with Crippen molar-refractivity contribution in [1.29, 1.82) is 0 Å². The smallest absolute Gasteiger partial charge is 0.186 e. The van der Waals surface area contributed by atoms with Crippen molar-refractivity contribution in [2.24, 2.45) is 0 Å². The third kappa shape index (κ3) is 2.73. The van der Waals surface area contributed by atoms with Crippen LogP contribution in [0.5, 0.6) is 0 Å². The summed E-state index contributed by atoms with van der Waals surface area (Å²) in [5, 5.41) is 27.7. The van der Waals surface area contributed by atoms with Gasteiger partial charge in [-0.15, -0.1) is 0 Å². The lowest BCUT2D eigenvalue weighted by molar-refractivity contribution is -0.267. The van der Waals surface area contributed by atoms with Crippen LogP contribution in [0.3, 0.4) is 0 Å². The van der Waals surface area contributed by atoms with Gasteiger partial charge in [0.15, 0.2) is 12.1 Å². The van der Waals surface area contributed by atoms with Crippen molar-refractivity contribution in [2.45, 2.75) is 31.5 Å². The Morgan fingerprint density at radius 2 is 2.07 bits per heavy atom. The van der Waals surface area contributed by atoms with E-state index in [4.69, 9.17) is 14.6 Å². The van der Waals surface area contributed by atoms with Crippen LogP contribution in [0, 0.1) is 0 Å². The summed E-state index contributed by atoms with van der Waals surface area (Å²) in [6.07, 6.45) is -4.82. The molecule has 0 aliphatic carbocycles. The molecule has 6 nitrogen and oxygen atoms in total. The first-order chi connectivity index (χ1) is 6.52. The Hall–Kier alpha value is -0.530. The molecule has 1 fully saturated rings. The number of ether oxygens (including phenoxy) is 2. The number of hydrogen-bond donors (Lipinski definition) is 3. The first-order valence-corrected chi connectivity index (χ1v) is 4.29. The maximum atomic E-state index is 10.6. The van der Waals surface area contributed by atoms with Gasteiger partial charge in [-0.2, -0.15) is 0 Å². The van der Waals surface area contributed by atoms with Crippen molar-refractivity contribution < 1.29 is 29.6 Å². The van der Waals surface area contributed by atoms with Gasteiger partial charge in [-0.25, -0.2) is 0 Å². The topological polar surface area (TPSA) is 96.2 Å². The summed E-state index contributed by atoms with van der Waals surface area (Å²) in [6.45, 7) is 1.02. The number of aliphatic hydroxyl groups is 3. The number of ketones is 1. The van der Waals surface area contributed by atoms with Gasteiger partial charge in [-0.3, -0.25) is 4.79 Å². The zero-order valence-electron chi connectivity index (χ0n) is 7.79. The van der Waals surface area contributed by atoms with E-state index < -0.39 is 24.6 Å². The van der Waals surface area contributed by atoms with Crippen LogP contribution in [0.2, 0.25) is 0 Å². The highest BCUT2D eigenvalue weighted by Gasteiger charge is 2.38. The quantitative estimate of drug-likeness (QED) is 0.495. The van der Waals surface area contributed by atoms with E-state index in [1.807, 2.05) is 0 Å². The number of rotatable bonds is 3. The standard InChI is InChI=1S/C8H14O6/c1-4(9)2-13-8-7(12)6(11)5(10)3-14-8/h5-8,10-12H,2-3H2,1H3/t5-,6+,7-,8-/m1/s1. The molecular weight excluding hydrogens is 192 g/mol. The van der Waals surface area contributed by atoms with E-state index in [9.17, 15) is 15.0 Å². The molecule has 6 heteroatoms. The van der Waals surface area contributed by atoms with E-state index in [2.05, 4.69) is 0 Å². The minimum absolute atomic E-state index is 0.124. The molecule has 82 valence electrons. The Bertz CT molecular complexity index is 206. The van der Waals surface area contributed by atoms with E-state index in [1.54, 1.807) is 0 Å². The van der Waals surface area contributed by atoms with Crippen molar-refractivity contribution in [3.63, 3.8) is 0 Å². The normalized spacial score (nSPS) is 38.3. The van der Waals surface area contributed by atoms with Crippen molar-refractivity contribution in [3.05, 3.63) is 0 Å². The largest absolute Gasteiger partial charge is 0.388 e. The number of aliphatic hydroxyl groups excluding tert-OH is 3. The van der Waals surface area contributed by atoms with Crippen LogP contribution >= 0.6 is 0 Å². The fraction of sp³-hybridized carbons (Fsp3) is 0.875. The van der Waals surface area contributed by atoms with Gasteiger partial charge in [0.1, 0.15) is 24.9 Å². The first-order valence-electron chi connectivity index (χ1n) is 4.29. The van der Waals surface area contributed by atoms with Crippen LogP contribution in [-0.4, -0.2) is 58.9 Å². The molecule has 0 aromatic heterocycles. The third-order valence-corrected chi connectivity index (χ3v) is 1.91. The second kappa shape index (κ2) is 4.81. The maximum absolute atomic E-state index is 10.6. The minimum atomic E-state index is -1.34. The molecule has 0 aromatic carbocycles. The molecule has 14 heavy (non-hydrogen) atoms. The van der Waals surface area contributed by atoms with E-state index >= 15 is 0 Å². The molecule has 0 spiro atoms. The first kappa shape index (κ1) is 11.5. The molecule has 0 bridgehead atoms. The molecule has 1 aliphatic rings. The van der Waals surface area contributed by atoms with Crippen LogP contribution in [0.15, 0.2) is 0 Å². The zero-order chi connectivity index (χ0) is 10.7. The summed E-state index contributed by atoms with van der Waals surface area (Å²) >= 11 is 0. The lowest BCUT2D eigenvalue weighted by Gasteiger charge is -2.34. The molecule has 1 rings (SSSR count). The zero-order valence-corrected chi connectivity index (χ0v) is 7.79. The summed E-state index contributed by atoms with van der Waals surface area (Å²) in [7, 11) is 0. The molecule has 3 N–H and O–H groups in total. The highest BCUT2D eigenvalue weighted by atomic mass is 16.7. The molecular formula is C8H14O6. The predicted octanol–water partition coefficient (Wildman–Crippen LogP) is -1.97. The second-order valence-electron chi connectivity index (χ2n) is 3.26. The van der Waals surface area contributed by atoms with E-state index in [0.717, 1.165) is 0 Å². The monoisotopic (exact) mass is 206 g/mol. The van der Waals surface area contributed by atoms with Crippen LogP contribution < -0.4 is 0 Å². The van der Waals surface area contributed by atoms with Crippen LogP contribution in [0.25, 0.3) is 0 Å². The summed E-state index contributed by atoms with van der Waals surface area (Å²) < 4.78 is 9.77. The minimum Gasteiger partial charge on any atom is -0.388 e. The van der Waals surface area contributed by atoms with Gasteiger partial charge in [0.2, 0.25) is 0 Å². The number of carbonyl (C=O) groups excluding carboxylic acids is 1. The molecule has 0 unspecified atom stereocenters. The third-order valence-electron chi connectivity index (χ3n) is 1.91. The van der Waals surface area contributed by atoms with Crippen LogP contribution in [-0.2, 0) is 14.3 Å². The SMILES string of the molecule is CC(=O)CO[C@@H]1OC[C@@H](O)[C@H](O)[C@H]1O. The maximum Gasteiger partial charge on any atom is 0.186 e. The Kier molecular flexibility index (Phi) is 3.97. The van der Waals surface area contributed by atoms with Gasteiger partial charge in [0, 0.05) is 0 Å². The highest BCUT2D eigenvalue weighted by Crippen LogP contribution is 2.16. The molecule has 0 radical (unpaired) electrons. The molecule has 0 amide bonds. The van der Waals surface area contributed by atoms with E-state index in [1.165, 1.54) is 6.92 Å². The van der Waals surface area contributed by atoms with Crippen LogP contribution in [0.4, 0.5) is 0 Å². The van der Waals surface area contributed by atoms with Crippen molar-refractivity contribution >= 4 is 5.78 Å². The highest BCUT2D eigenvalue weighted by molar-refractivity contribution is 5.76. The Morgan fingerprint density at radius 3 is 2.64 bits per heavy atom. The van der Waals surface area contributed by atoms with Gasteiger partial charge in [-0.05, 0) is 6.92 Å². The van der Waals surface area contributed by atoms with E-state index in [-0.39, 0.29) is 19.0 Å². The van der Waals surface area contributed by atoms with Crippen molar-refractivity contribution in [1.82, 2.24) is 0 Å². The molecule has 1 heterocycles. The van der Waals surface area contributed by atoms with Crippen LogP contribution in [0.1, 0.15) is 6.92 Å². The van der Waals surface area contributed by atoms with Crippen molar-refractivity contribution in [3.8, 4) is 0 Å². The molecule has 1 saturated heterocycles. The number of Topliss-reactive ketones (excluding diaryl/α,β-unsaturated/α-hetero) is 1. The fourth-order valence-electron chi connectivity index (χ4n) is 1.13. The number of hydrogen-bond acceptors (Lipinski definition) is 6. The Labute approximate surface area is 81.1 Å². The van der Waals surface area contributed by atoms with Gasteiger partial charge in [0.25, 0.3) is 0 Å². The lowest BCUT2D eigenvalue weighted by Crippen LogP contribution is -2.53. The Morgan fingerprint density at radius 1 is 1.43 bits per heavy atom. The molecule has 0 aromatic rings. The number of carbonyl (C=O) groups is 1. The molecule has 1 aliphatic heterocycles. The Balaban J connectivity index is 2.42. The molecule has 4 atom stereocenters. The summed E-state index contributed by atoms with van der Waals surface area (Å²) in [6, 6.07) is 0. The average molecular weight is 206 g/mol. The van der Waals surface area contributed by atoms with Crippen molar-refractivity contribution in [2.75, 3.05) is 13.2 Å². The van der Waals surface area contributed by atoms with Gasteiger partial charge in [0.05, 0.1) is 6.61 Å². The fourth-order valence-corrected chi connectivity index (χ4v) is 1.13. The molecule has 0 saturated carbocycles. The van der Waals surface area contributed by atoms with Gasteiger partial charge in [-0.1, -0.05) is 0 Å². The lowest BCUT2D eigenvalue weighted by atomic mass is 10.1. The predicted molar refractivity (Wildman–Crippen MR) is 44.4 cm³/mol.